The van der Waals surface area contributed by atoms with E-state index in [2.05, 4.69) is 9.80 Å². The van der Waals surface area contributed by atoms with Crippen LogP contribution in [-0.4, -0.2) is 87.7 Å². The third-order valence-electron chi connectivity index (χ3n) is 4.61. The van der Waals surface area contributed by atoms with Crippen molar-refractivity contribution in [2.24, 2.45) is 11.7 Å². The molecule has 0 radical (unpaired) electrons. The van der Waals surface area contributed by atoms with E-state index in [1.54, 1.807) is 4.31 Å². The van der Waals surface area contributed by atoms with Crippen molar-refractivity contribution in [1.29, 1.82) is 0 Å². The Balaban J connectivity index is 1.73. The third kappa shape index (κ3) is 5.49. The van der Waals surface area contributed by atoms with Gasteiger partial charge in [0.05, 0.1) is 6.26 Å². The van der Waals surface area contributed by atoms with Crippen molar-refractivity contribution >= 4 is 10.0 Å². The first-order valence-corrected chi connectivity index (χ1v) is 9.94. The van der Waals surface area contributed by atoms with E-state index >= 15 is 0 Å². The van der Waals surface area contributed by atoms with Crippen molar-refractivity contribution in [3.05, 3.63) is 0 Å². The molecule has 0 aromatic heterocycles. The summed E-state index contributed by atoms with van der Waals surface area (Å²) in [7, 11) is -3.02. The molecule has 2 aliphatic rings. The molecule has 6 nitrogen and oxygen atoms in total. The summed E-state index contributed by atoms with van der Waals surface area (Å²) in [4.78, 5) is 4.97. The number of nitrogens with two attached hydrogens (primary N) is 1. The van der Waals surface area contributed by atoms with E-state index in [0.29, 0.717) is 19.0 Å². The van der Waals surface area contributed by atoms with Crippen LogP contribution >= 0.6 is 0 Å². The number of nitrogens with zero attached hydrogens (tertiary/aromatic N) is 3. The minimum Gasteiger partial charge on any atom is -0.330 e. The van der Waals surface area contributed by atoms with Crippen molar-refractivity contribution < 1.29 is 8.42 Å². The average molecular weight is 318 g/mol. The van der Waals surface area contributed by atoms with Gasteiger partial charge in [0.2, 0.25) is 10.0 Å². The molecule has 2 aliphatic heterocycles. The number of sulfonamides is 1. The van der Waals surface area contributed by atoms with Crippen LogP contribution in [0.15, 0.2) is 0 Å². The van der Waals surface area contributed by atoms with Crippen LogP contribution in [0.4, 0.5) is 0 Å². The molecular formula is C14H30N4O2S. The first-order valence-electron chi connectivity index (χ1n) is 8.09. The largest absolute Gasteiger partial charge is 0.330 e. The molecule has 2 fully saturated rings. The molecule has 2 heterocycles. The number of rotatable bonds is 6. The topological polar surface area (TPSA) is 69.9 Å². The van der Waals surface area contributed by atoms with E-state index < -0.39 is 10.0 Å². The predicted molar refractivity (Wildman–Crippen MR) is 85.7 cm³/mol. The van der Waals surface area contributed by atoms with Crippen molar-refractivity contribution in [2.45, 2.75) is 19.3 Å². The summed E-state index contributed by atoms with van der Waals surface area (Å²) in [6, 6.07) is 0. The molecule has 2 saturated heterocycles. The zero-order chi connectivity index (χ0) is 15.3. The summed E-state index contributed by atoms with van der Waals surface area (Å²) in [5, 5.41) is 0. The van der Waals surface area contributed by atoms with Gasteiger partial charge < -0.3 is 15.5 Å². The van der Waals surface area contributed by atoms with Gasteiger partial charge in [0.1, 0.15) is 0 Å². The number of piperazine rings is 1. The highest BCUT2D eigenvalue weighted by molar-refractivity contribution is 7.88. The van der Waals surface area contributed by atoms with Crippen LogP contribution in [0.5, 0.6) is 0 Å². The molecule has 0 bridgehead atoms. The van der Waals surface area contributed by atoms with Crippen molar-refractivity contribution in [3.63, 3.8) is 0 Å². The molecule has 124 valence electrons. The number of piperidine rings is 1. The molecule has 0 spiro atoms. The minimum absolute atomic E-state index is 0.490. The summed E-state index contributed by atoms with van der Waals surface area (Å²) in [6.45, 7) is 8.73. The van der Waals surface area contributed by atoms with Crippen molar-refractivity contribution in [1.82, 2.24) is 14.1 Å². The molecule has 7 heteroatoms. The summed E-state index contributed by atoms with van der Waals surface area (Å²) >= 11 is 0. The fourth-order valence-corrected chi connectivity index (χ4v) is 4.29. The Labute approximate surface area is 129 Å². The van der Waals surface area contributed by atoms with Gasteiger partial charge in [-0.2, -0.15) is 0 Å². The first kappa shape index (κ1) is 17.1. The van der Waals surface area contributed by atoms with E-state index in [9.17, 15) is 8.42 Å². The Morgan fingerprint density at radius 1 is 1.10 bits per heavy atom. The molecule has 0 aliphatic carbocycles. The van der Waals surface area contributed by atoms with E-state index in [-0.39, 0.29) is 0 Å². The fourth-order valence-electron chi connectivity index (χ4n) is 3.35. The molecule has 2 N–H and O–H groups in total. The van der Waals surface area contributed by atoms with Crippen molar-refractivity contribution in [3.8, 4) is 0 Å². The van der Waals surface area contributed by atoms with Gasteiger partial charge in [0, 0.05) is 45.8 Å². The maximum Gasteiger partial charge on any atom is 0.211 e. The normalized spacial score (nSPS) is 27.0. The predicted octanol–water partition coefficient (Wildman–Crippen LogP) is -0.376. The molecule has 0 saturated carbocycles. The van der Waals surface area contributed by atoms with Crippen LogP contribution < -0.4 is 5.73 Å². The number of hydrogen-bond acceptors (Lipinski definition) is 5. The SMILES string of the molecule is CS(=O)(=O)N1CCCC(CN2CCN(CCCN)CC2)C1. The zero-order valence-corrected chi connectivity index (χ0v) is 14.0. The minimum atomic E-state index is -3.02. The van der Waals surface area contributed by atoms with E-state index in [0.717, 1.165) is 65.1 Å². The first-order chi connectivity index (χ1) is 9.99. The highest BCUT2D eigenvalue weighted by atomic mass is 32.2. The van der Waals surface area contributed by atoms with Gasteiger partial charge in [-0.3, -0.25) is 0 Å². The van der Waals surface area contributed by atoms with E-state index in [1.807, 2.05) is 0 Å². The molecule has 0 amide bonds. The average Bonchev–Trinajstić information content (AvgIpc) is 2.46. The van der Waals surface area contributed by atoms with Crippen LogP contribution in [0.2, 0.25) is 0 Å². The Hall–Kier alpha value is -0.210. The molecule has 1 unspecified atom stereocenters. The maximum atomic E-state index is 11.7. The van der Waals surface area contributed by atoms with E-state index in [4.69, 9.17) is 5.73 Å². The van der Waals surface area contributed by atoms with Crippen LogP contribution in [-0.2, 0) is 10.0 Å². The molecule has 0 aromatic rings. The Bertz CT molecular complexity index is 407. The lowest BCUT2D eigenvalue weighted by Crippen LogP contribution is -2.50. The van der Waals surface area contributed by atoms with E-state index in [1.165, 1.54) is 6.26 Å². The van der Waals surface area contributed by atoms with Gasteiger partial charge in [0.15, 0.2) is 0 Å². The third-order valence-corrected chi connectivity index (χ3v) is 5.88. The second-order valence-electron chi connectivity index (χ2n) is 6.41. The van der Waals surface area contributed by atoms with Gasteiger partial charge in [0.25, 0.3) is 0 Å². The zero-order valence-electron chi connectivity index (χ0n) is 13.2. The molecule has 2 rings (SSSR count). The van der Waals surface area contributed by atoms with Gasteiger partial charge in [-0.25, -0.2) is 12.7 Å². The Morgan fingerprint density at radius 2 is 1.76 bits per heavy atom. The fraction of sp³-hybridized carbons (Fsp3) is 1.00. The second-order valence-corrected chi connectivity index (χ2v) is 8.40. The van der Waals surface area contributed by atoms with Crippen LogP contribution in [0.3, 0.4) is 0 Å². The number of hydrogen-bond donors (Lipinski definition) is 1. The van der Waals surface area contributed by atoms with Gasteiger partial charge in [-0.15, -0.1) is 0 Å². The van der Waals surface area contributed by atoms with Gasteiger partial charge in [-0.05, 0) is 38.3 Å². The molecular weight excluding hydrogens is 288 g/mol. The molecule has 21 heavy (non-hydrogen) atoms. The molecule has 1 atom stereocenters. The quantitative estimate of drug-likeness (QED) is 0.723. The lowest BCUT2D eigenvalue weighted by molar-refractivity contribution is 0.104. The standard InChI is InChI=1S/C14H30N4O2S/c1-21(19,20)18-7-2-4-14(13-18)12-17-10-8-16(9-11-17)6-3-5-15/h14H,2-13,15H2,1H3. The van der Waals surface area contributed by atoms with Crippen LogP contribution in [0.25, 0.3) is 0 Å². The Kier molecular flexibility index (Phi) is 6.43. The van der Waals surface area contributed by atoms with Gasteiger partial charge in [-0.1, -0.05) is 0 Å². The second kappa shape index (κ2) is 7.87. The lowest BCUT2D eigenvalue weighted by Gasteiger charge is -2.38. The summed E-state index contributed by atoms with van der Waals surface area (Å²) in [5.74, 6) is 0.490. The summed E-state index contributed by atoms with van der Waals surface area (Å²) < 4.78 is 25.0. The lowest BCUT2D eigenvalue weighted by atomic mass is 9.99. The highest BCUT2D eigenvalue weighted by Crippen LogP contribution is 2.20. The monoisotopic (exact) mass is 318 g/mol. The smallest absolute Gasteiger partial charge is 0.211 e. The Morgan fingerprint density at radius 3 is 2.38 bits per heavy atom. The maximum absolute atomic E-state index is 11.7. The summed E-state index contributed by atoms with van der Waals surface area (Å²) in [5.41, 5.74) is 5.55. The highest BCUT2D eigenvalue weighted by Gasteiger charge is 2.28. The summed E-state index contributed by atoms with van der Waals surface area (Å²) in [6.07, 6.45) is 4.55. The van der Waals surface area contributed by atoms with Crippen LogP contribution in [0.1, 0.15) is 19.3 Å². The molecule has 0 aromatic carbocycles. The van der Waals surface area contributed by atoms with Gasteiger partial charge >= 0.3 is 0 Å². The van der Waals surface area contributed by atoms with Crippen LogP contribution in [0, 0.1) is 5.92 Å². The van der Waals surface area contributed by atoms with Crippen molar-refractivity contribution in [2.75, 3.05) is 65.2 Å².